The highest BCUT2D eigenvalue weighted by atomic mass is 19.2. The minimum absolute atomic E-state index is 0.169. The minimum Gasteiger partial charge on any atom is -0.478 e. The van der Waals surface area contributed by atoms with E-state index in [1.54, 1.807) is 29.1 Å². The van der Waals surface area contributed by atoms with Crippen molar-refractivity contribution < 1.29 is 23.5 Å². The van der Waals surface area contributed by atoms with E-state index >= 15 is 0 Å². The summed E-state index contributed by atoms with van der Waals surface area (Å²) in [5, 5.41) is 17.8. The average molecular weight is 600 g/mol. The number of nitrogens with one attached hydrogen (secondary N) is 1. The molecule has 0 spiro atoms. The summed E-state index contributed by atoms with van der Waals surface area (Å²) >= 11 is 0. The maximum atomic E-state index is 14.2. The van der Waals surface area contributed by atoms with Gasteiger partial charge in [0.15, 0.2) is 11.6 Å². The van der Waals surface area contributed by atoms with Gasteiger partial charge in [0.05, 0.1) is 34.9 Å². The molecule has 6 aromatic rings. The number of rotatable bonds is 8. The maximum Gasteiger partial charge on any atom is 0.335 e. The SMILES string of the molecule is O=C(O)c1ccc(C2(NC(=O)c3cc(-c4ccc(F)c(F)c4)cc4cnn(Cc5cccc(-c6ccccc6)c5)c34)CC2)cc1. The summed E-state index contributed by atoms with van der Waals surface area (Å²) in [6.45, 7) is 0.400. The first-order valence-corrected chi connectivity index (χ1v) is 14.6. The van der Waals surface area contributed by atoms with E-state index in [0.29, 0.717) is 47.0 Å². The quantitative estimate of drug-likeness (QED) is 0.187. The van der Waals surface area contributed by atoms with Crippen LogP contribution in [0, 0.1) is 11.6 Å². The lowest BCUT2D eigenvalue weighted by atomic mass is 9.98. The second kappa shape index (κ2) is 11.1. The van der Waals surface area contributed by atoms with Crippen LogP contribution in [0.25, 0.3) is 33.2 Å². The van der Waals surface area contributed by atoms with E-state index in [1.807, 2.05) is 54.6 Å². The Balaban J connectivity index is 1.29. The normalized spacial score (nSPS) is 13.5. The van der Waals surface area contributed by atoms with Crippen molar-refractivity contribution in [2.24, 2.45) is 0 Å². The van der Waals surface area contributed by atoms with E-state index in [-0.39, 0.29) is 11.5 Å². The van der Waals surface area contributed by atoms with Crippen molar-refractivity contribution >= 4 is 22.8 Å². The van der Waals surface area contributed by atoms with Crippen molar-refractivity contribution in [2.45, 2.75) is 24.9 Å². The highest BCUT2D eigenvalue weighted by Crippen LogP contribution is 2.46. The number of benzene rings is 5. The van der Waals surface area contributed by atoms with Crippen LogP contribution in [0.5, 0.6) is 0 Å². The van der Waals surface area contributed by atoms with E-state index in [0.717, 1.165) is 34.4 Å². The Morgan fingerprint density at radius 2 is 1.51 bits per heavy atom. The molecule has 1 fully saturated rings. The van der Waals surface area contributed by atoms with Crippen LogP contribution < -0.4 is 5.32 Å². The van der Waals surface area contributed by atoms with E-state index in [2.05, 4.69) is 16.5 Å². The van der Waals surface area contributed by atoms with Crippen LogP contribution in [0.2, 0.25) is 0 Å². The zero-order chi connectivity index (χ0) is 31.1. The molecule has 5 aromatic carbocycles. The van der Waals surface area contributed by atoms with Gasteiger partial charge >= 0.3 is 5.97 Å². The van der Waals surface area contributed by atoms with Crippen molar-refractivity contribution in [3.05, 3.63) is 149 Å². The largest absolute Gasteiger partial charge is 0.478 e. The van der Waals surface area contributed by atoms with Crippen molar-refractivity contribution in [1.82, 2.24) is 15.1 Å². The second-order valence-electron chi connectivity index (χ2n) is 11.4. The van der Waals surface area contributed by atoms with Gasteiger partial charge in [-0.15, -0.1) is 0 Å². The van der Waals surface area contributed by atoms with Gasteiger partial charge in [-0.3, -0.25) is 9.48 Å². The van der Waals surface area contributed by atoms with Gasteiger partial charge < -0.3 is 10.4 Å². The molecule has 6 nitrogen and oxygen atoms in total. The molecule has 0 radical (unpaired) electrons. The number of aromatic carboxylic acids is 1. The number of halogens is 2. The fourth-order valence-corrected chi connectivity index (χ4v) is 5.85. The number of carboxylic acid groups (broad SMARTS) is 1. The van der Waals surface area contributed by atoms with Crippen LogP contribution in [0.15, 0.2) is 115 Å². The van der Waals surface area contributed by atoms with Crippen molar-refractivity contribution in [1.29, 1.82) is 0 Å². The molecule has 8 heteroatoms. The zero-order valence-corrected chi connectivity index (χ0v) is 24.0. The standard InChI is InChI=1S/C37H27F2N3O3/c38-32-14-11-27(20-33(32)39)28-18-29-21-40-42(22-23-5-4-8-26(17-23)24-6-2-1-3-7-24)34(29)31(19-28)35(43)41-37(15-16-37)30-12-9-25(10-13-30)36(44)45/h1-14,17-21H,15-16,22H2,(H,41,43)(H,44,45). The van der Waals surface area contributed by atoms with Crippen LogP contribution in [0.1, 0.15) is 44.7 Å². The van der Waals surface area contributed by atoms with Crippen LogP contribution in [0.4, 0.5) is 8.78 Å². The monoisotopic (exact) mass is 599 g/mol. The van der Waals surface area contributed by atoms with Gasteiger partial charge in [0.2, 0.25) is 0 Å². The number of fused-ring (bicyclic) bond motifs is 1. The number of aromatic nitrogens is 2. The van der Waals surface area contributed by atoms with Crippen molar-refractivity contribution in [2.75, 3.05) is 0 Å². The fraction of sp³-hybridized carbons (Fsp3) is 0.108. The molecular formula is C37H27F2N3O3. The Labute approximate surface area is 257 Å². The molecule has 0 aliphatic heterocycles. The first kappa shape index (κ1) is 28.2. The molecule has 45 heavy (non-hydrogen) atoms. The lowest BCUT2D eigenvalue weighted by Crippen LogP contribution is -2.35. The topological polar surface area (TPSA) is 84.2 Å². The fourth-order valence-electron chi connectivity index (χ4n) is 5.85. The Hall–Kier alpha value is -5.63. The van der Waals surface area contributed by atoms with Gasteiger partial charge in [-0.1, -0.05) is 66.7 Å². The highest BCUT2D eigenvalue weighted by molar-refractivity contribution is 6.08. The summed E-state index contributed by atoms with van der Waals surface area (Å²) in [5.74, 6) is -3.29. The summed E-state index contributed by atoms with van der Waals surface area (Å²) < 4.78 is 29.8. The molecule has 0 atom stereocenters. The van der Waals surface area contributed by atoms with Crippen LogP contribution >= 0.6 is 0 Å². The molecule has 0 unspecified atom stereocenters. The maximum absolute atomic E-state index is 14.2. The Kier molecular flexibility index (Phi) is 6.97. The highest BCUT2D eigenvalue weighted by Gasteiger charge is 2.46. The molecule has 7 rings (SSSR count). The molecule has 1 amide bonds. The summed E-state index contributed by atoms with van der Waals surface area (Å²) in [6, 6.07) is 31.9. The third kappa shape index (κ3) is 5.47. The molecule has 0 saturated heterocycles. The van der Waals surface area contributed by atoms with E-state index in [4.69, 9.17) is 0 Å². The van der Waals surface area contributed by atoms with Crippen molar-refractivity contribution in [3.63, 3.8) is 0 Å². The summed E-state index contributed by atoms with van der Waals surface area (Å²) in [5.41, 5.74) is 5.44. The molecule has 1 heterocycles. The molecule has 1 aliphatic carbocycles. The Morgan fingerprint density at radius 3 is 2.22 bits per heavy atom. The van der Waals surface area contributed by atoms with Crippen molar-refractivity contribution in [3.8, 4) is 22.3 Å². The lowest BCUT2D eigenvalue weighted by molar-refractivity contribution is 0.0696. The average Bonchev–Trinajstić information content (AvgIpc) is 3.74. The zero-order valence-electron chi connectivity index (χ0n) is 24.0. The predicted octanol–water partition coefficient (Wildman–Crippen LogP) is 7.81. The lowest BCUT2D eigenvalue weighted by Gasteiger charge is -2.19. The molecule has 1 aromatic heterocycles. The molecule has 1 saturated carbocycles. The number of carbonyl (C=O) groups is 2. The Morgan fingerprint density at radius 1 is 0.778 bits per heavy atom. The molecule has 0 bridgehead atoms. The first-order chi connectivity index (χ1) is 21.8. The predicted molar refractivity (Wildman–Crippen MR) is 168 cm³/mol. The number of carbonyl (C=O) groups excluding carboxylic acids is 1. The van der Waals surface area contributed by atoms with Gasteiger partial charge in [-0.2, -0.15) is 5.10 Å². The van der Waals surface area contributed by atoms with E-state index < -0.39 is 23.1 Å². The van der Waals surface area contributed by atoms with Gasteiger partial charge in [-0.05, 0) is 88.7 Å². The van der Waals surface area contributed by atoms with Gasteiger partial charge in [0.1, 0.15) is 0 Å². The summed E-state index contributed by atoms with van der Waals surface area (Å²) in [4.78, 5) is 25.5. The number of hydrogen-bond acceptors (Lipinski definition) is 3. The number of hydrogen-bond donors (Lipinski definition) is 2. The van der Waals surface area contributed by atoms with Gasteiger partial charge in [-0.25, -0.2) is 13.6 Å². The minimum atomic E-state index is -1.02. The van der Waals surface area contributed by atoms with Crippen LogP contribution in [-0.4, -0.2) is 26.8 Å². The third-order valence-electron chi connectivity index (χ3n) is 8.38. The van der Waals surface area contributed by atoms with Crippen LogP contribution in [0.3, 0.4) is 0 Å². The molecular weight excluding hydrogens is 572 g/mol. The first-order valence-electron chi connectivity index (χ1n) is 14.6. The van der Waals surface area contributed by atoms with Gasteiger partial charge in [0.25, 0.3) is 5.91 Å². The summed E-state index contributed by atoms with van der Waals surface area (Å²) in [6.07, 6.45) is 3.07. The van der Waals surface area contributed by atoms with Gasteiger partial charge in [0, 0.05) is 5.39 Å². The molecule has 2 N–H and O–H groups in total. The second-order valence-corrected chi connectivity index (χ2v) is 11.4. The third-order valence-corrected chi connectivity index (χ3v) is 8.38. The number of amides is 1. The van der Waals surface area contributed by atoms with E-state index in [9.17, 15) is 23.5 Å². The van der Waals surface area contributed by atoms with E-state index in [1.165, 1.54) is 18.2 Å². The molecule has 1 aliphatic rings. The number of nitrogens with zero attached hydrogens (tertiary/aromatic N) is 2. The smallest absolute Gasteiger partial charge is 0.335 e. The summed E-state index contributed by atoms with van der Waals surface area (Å²) in [7, 11) is 0. The number of carboxylic acids is 1. The molecule has 222 valence electrons. The Bertz CT molecular complexity index is 2080. The van der Waals surface area contributed by atoms with Crippen LogP contribution in [-0.2, 0) is 12.1 Å².